The van der Waals surface area contributed by atoms with Crippen LogP contribution >= 0.6 is 11.6 Å². The minimum absolute atomic E-state index is 0.103. The molecule has 1 aliphatic carbocycles. The van der Waals surface area contributed by atoms with Crippen molar-refractivity contribution < 1.29 is 28.9 Å². The van der Waals surface area contributed by atoms with Crippen molar-refractivity contribution in [1.82, 2.24) is 4.90 Å². The molecule has 3 aromatic carbocycles. The Morgan fingerprint density at radius 1 is 0.975 bits per heavy atom. The smallest absolute Gasteiger partial charge is 0.410 e. The SMILES string of the molecule is COC(=O)c1ccc(Oc2ccc3c(c2)CC[C@@H](N(C[C@H](O)c2cccc(Cl)c2)C(=O)OC(C)(C)C)CC3)cc1. The fraction of sp³-hybridized carbons (Fsp3) is 0.375. The summed E-state index contributed by atoms with van der Waals surface area (Å²) in [4.78, 5) is 26.7. The number of hydrogen-bond acceptors (Lipinski definition) is 6. The van der Waals surface area contributed by atoms with Gasteiger partial charge in [-0.05, 0) is 112 Å². The second kappa shape index (κ2) is 12.7. The number of fused-ring (bicyclic) bond motifs is 1. The number of rotatable bonds is 7. The van der Waals surface area contributed by atoms with Crippen LogP contribution in [0.25, 0.3) is 0 Å². The van der Waals surface area contributed by atoms with Gasteiger partial charge in [-0.25, -0.2) is 9.59 Å². The van der Waals surface area contributed by atoms with E-state index in [1.165, 1.54) is 12.7 Å². The molecule has 212 valence electrons. The van der Waals surface area contributed by atoms with Crippen molar-refractivity contribution in [3.8, 4) is 11.5 Å². The molecule has 0 spiro atoms. The Labute approximate surface area is 240 Å². The van der Waals surface area contributed by atoms with Crippen LogP contribution in [0.1, 0.15) is 66.8 Å². The van der Waals surface area contributed by atoms with E-state index in [0.717, 1.165) is 24.8 Å². The number of aryl methyl sites for hydroxylation is 2. The van der Waals surface area contributed by atoms with Crippen LogP contribution < -0.4 is 4.74 Å². The van der Waals surface area contributed by atoms with E-state index >= 15 is 0 Å². The van der Waals surface area contributed by atoms with Crippen molar-refractivity contribution in [3.05, 3.63) is 94.0 Å². The van der Waals surface area contributed by atoms with Gasteiger partial charge in [0.25, 0.3) is 0 Å². The van der Waals surface area contributed by atoms with Crippen molar-refractivity contribution in [2.24, 2.45) is 0 Å². The molecular formula is C32H36ClNO6. The van der Waals surface area contributed by atoms with Gasteiger partial charge in [0.2, 0.25) is 0 Å². The van der Waals surface area contributed by atoms with Crippen LogP contribution in [0.15, 0.2) is 66.7 Å². The fourth-order valence-corrected chi connectivity index (χ4v) is 5.05. The summed E-state index contributed by atoms with van der Waals surface area (Å²) < 4.78 is 16.5. The van der Waals surface area contributed by atoms with E-state index in [9.17, 15) is 14.7 Å². The standard InChI is InChI=1S/C32H36ClNO6/c1-32(2,3)40-31(37)34(20-29(35)24-6-5-7-25(33)18-24)26-13-8-21-10-17-28(19-23(21)9-14-26)39-27-15-11-22(12-16-27)30(36)38-4/h5-7,10-12,15-19,26,29,35H,8-9,13-14,20H2,1-4H3/t26-,29-/m0/s1. The molecule has 0 radical (unpaired) electrons. The highest BCUT2D eigenvalue weighted by Crippen LogP contribution is 2.31. The summed E-state index contributed by atoms with van der Waals surface area (Å²) >= 11 is 6.14. The second-order valence-electron chi connectivity index (χ2n) is 11.0. The third kappa shape index (κ3) is 7.77. The van der Waals surface area contributed by atoms with Crippen LogP contribution in [0.4, 0.5) is 4.79 Å². The maximum atomic E-state index is 13.3. The number of carbonyl (C=O) groups is 2. The van der Waals surface area contributed by atoms with Gasteiger partial charge in [0.05, 0.1) is 25.3 Å². The number of aliphatic hydroxyl groups is 1. The highest BCUT2D eigenvalue weighted by molar-refractivity contribution is 6.30. The zero-order valence-corrected chi connectivity index (χ0v) is 24.1. The lowest BCUT2D eigenvalue weighted by Crippen LogP contribution is -2.45. The number of nitrogens with zero attached hydrogens (tertiary/aromatic N) is 1. The summed E-state index contributed by atoms with van der Waals surface area (Å²) in [5.74, 6) is 0.917. The second-order valence-corrected chi connectivity index (χ2v) is 11.4. The molecule has 7 nitrogen and oxygen atoms in total. The number of benzene rings is 3. The van der Waals surface area contributed by atoms with E-state index < -0.39 is 23.8 Å². The van der Waals surface area contributed by atoms with E-state index in [2.05, 4.69) is 6.07 Å². The molecule has 0 aliphatic heterocycles. The van der Waals surface area contributed by atoms with Crippen molar-refractivity contribution in [2.45, 2.75) is 64.2 Å². The molecule has 0 saturated heterocycles. The molecule has 8 heteroatoms. The molecule has 1 aliphatic rings. The maximum Gasteiger partial charge on any atom is 0.410 e. The summed E-state index contributed by atoms with van der Waals surface area (Å²) in [5.41, 5.74) is 2.81. The number of esters is 1. The number of amides is 1. The first-order chi connectivity index (χ1) is 19.0. The zero-order valence-electron chi connectivity index (χ0n) is 23.4. The number of aliphatic hydroxyl groups excluding tert-OH is 1. The van der Waals surface area contributed by atoms with Gasteiger partial charge in [0.1, 0.15) is 17.1 Å². The van der Waals surface area contributed by atoms with E-state index in [4.69, 9.17) is 25.8 Å². The Morgan fingerprint density at radius 3 is 2.30 bits per heavy atom. The Morgan fingerprint density at radius 2 is 1.65 bits per heavy atom. The molecule has 0 aromatic heterocycles. The summed E-state index contributed by atoms with van der Waals surface area (Å²) in [7, 11) is 1.35. The minimum Gasteiger partial charge on any atom is -0.465 e. The molecule has 2 atom stereocenters. The molecular weight excluding hydrogens is 530 g/mol. The first kappa shape index (κ1) is 29.4. The van der Waals surface area contributed by atoms with Gasteiger partial charge in [-0.15, -0.1) is 0 Å². The van der Waals surface area contributed by atoms with Gasteiger partial charge < -0.3 is 24.2 Å². The topological polar surface area (TPSA) is 85.3 Å². The zero-order chi connectivity index (χ0) is 28.9. The quantitative estimate of drug-likeness (QED) is 0.242. The fourth-order valence-electron chi connectivity index (χ4n) is 4.85. The van der Waals surface area contributed by atoms with Crippen LogP contribution in [0.5, 0.6) is 11.5 Å². The predicted octanol–water partition coefficient (Wildman–Crippen LogP) is 7.14. The van der Waals surface area contributed by atoms with E-state index in [-0.39, 0.29) is 12.6 Å². The number of carbonyl (C=O) groups excluding carboxylic acids is 2. The average molecular weight is 566 g/mol. The first-order valence-corrected chi connectivity index (χ1v) is 13.8. The Kier molecular flexibility index (Phi) is 9.38. The van der Waals surface area contributed by atoms with Crippen molar-refractivity contribution in [1.29, 1.82) is 0 Å². The lowest BCUT2D eigenvalue weighted by atomic mass is 10.0. The monoisotopic (exact) mass is 565 g/mol. The Hall–Kier alpha value is -3.55. The summed E-state index contributed by atoms with van der Waals surface area (Å²) in [5, 5.41) is 11.6. The molecule has 0 fully saturated rings. The van der Waals surface area contributed by atoms with Crippen molar-refractivity contribution in [3.63, 3.8) is 0 Å². The first-order valence-electron chi connectivity index (χ1n) is 13.4. The van der Waals surface area contributed by atoms with Crippen LogP contribution in [-0.4, -0.2) is 47.4 Å². The van der Waals surface area contributed by atoms with Gasteiger partial charge in [0.15, 0.2) is 0 Å². The number of ether oxygens (including phenoxy) is 3. The molecule has 0 heterocycles. The van der Waals surface area contributed by atoms with Crippen LogP contribution in [0, 0.1) is 0 Å². The molecule has 40 heavy (non-hydrogen) atoms. The summed E-state index contributed by atoms with van der Waals surface area (Å²) in [6.07, 6.45) is 1.63. The van der Waals surface area contributed by atoms with Crippen LogP contribution in [-0.2, 0) is 22.3 Å². The Balaban J connectivity index is 1.49. The normalized spacial score (nSPS) is 15.8. The average Bonchev–Trinajstić information content (AvgIpc) is 3.13. The largest absolute Gasteiger partial charge is 0.465 e. The minimum atomic E-state index is -0.901. The van der Waals surface area contributed by atoms with Gasteiger partial charge in [0, 0.05) is 11.1 Å². The summed E-state index contributed by atoms with van der Waals surface area (Å²) in [6, 6.07) is 19.8. The van der Waals surface area contributed by atoms with Gasteiger partial charge in [-0.2, -0.15) is 0 Å². The van der Waals surface area contributed by atoms with Crippen LogP contribution in [0.3, 0.4) is 0 Å². The number of halogens is 1. The van der Waals surface area contributed by atoms with E-state index in [1.807, 2.05) is 32.9 Å². The van der Waals surface area contributed by atoms with Crippen molar-refractivity contribution >= 4 is 23.7 Å². The van der Waals surface area contributed by atoms with E-state index in [1.54, 1.807) is 53.4 Å². The van der Waals surface area contributed by atoms with Gasteiger partial charge in [-0.3, -0.25) is 0 Å². The highest BCUT2D eigenvalue weighted by atomic mass is 35.5. The molecule has 0 saturated carbocycles. The third-order valence-electron chi connectivity index (χ3n) is 6.85. The van der Waals surface area contributed by atoms with Gasteiger partial charge >= 0.3 is 12.1 Å². The predicted molar refractivity (Wildman–Crippen MR) is 154 cm³/mol. The molecule has 4 rings (SSSR count). The highest BCUT2D eigenvalue weighted by Gasteiger charge is 2.31. The molecule has 0 unspecified atom stereocenters. The maximum absolute atomic E-state index is 13.3. The molecule has 1 N–H and O–H groups in total. The number of hydrogen-bond donors (Lipinski definition) is 1. The third-order valence-corrected chi connectivity index (χ3v) is 7.09. The summed E-state index contributed by atoms with van der Waals surface area (Å²) in [6.45, 7) is 5.62. The molecule has 0 bridgehead atoms. The lowest BCUT2D eigenvalue weighted by Gasteiger charge is -2.34. The van der Waals surface area contributed by atoms with Crippen LogP contribution in [0.2, 0.25) is 5.02 Å². The van der Waals surface area contributed by atoms with E-state index in [0.29, 0.717) is 34.1 Å². The number of methoxy groups -OCH3 is 1. The molecule has 3 aromatic rings. The lowest BCUT2D eigenvalue weighted by molar-refractivity contribution is 0.00184. The molecule has 1 amide bonds. The Bertz CT molecular complexity index is 1330. The van der Waals surface area contributed by atoms with Gasteiger partial charge in [-0.1, -0.05) is 29.8 Å². The van der Waals surface area contributed by atoms with Crippen molar-refractivity contribution in [2.75, 3.05) is 13.7 Å².